The van der Waals surface area contributed by atoms with E-state index in [1.54, 1.807) is 0 Å². The summed E-state index contributed by atoms with van der Waals surface area (Å²) < 4.78 is 0. The molecule has 4 rings (SSSR count). The minimum absolute atomic E-state index is 0.318. The molecule has 1 heterocycles. The van der Waals surface area contributed by atoms with Crippen LogP contribution in [0, 0.1) is 12.8 Å². The third-order valence-electron chi connectivity index (χ3n) is 5.90. The molecule has 1 heteroatoms. The van der Waals surface area contributed by atoms with Crippen molar-refractivity contribution < 1.29 is 0 Å². The van der Waals surface area contributed by atoms with Crippen LogP contribution in [-0.2, 0) is 0 Å². The number of hydrogen-bond acceptors (Lipinski definition) is 1. The maximum Gasteiger partial charge on any atom is 0.0637 e. The molecular formula is C24H27N. The molecule has 1 aromatic rings. The Kier molecular flexibility index (Phi) is 4.57. The average Bonchev–Trinajstić information content (AvgIpc) is 2.92. The van der Waals surface area contributed by atoms with Gasteiger partial charge in [0.25, 0.3) is 0 Å². The highest BCUT2D eigenvalue weighted by Crippen LogP contribution is 2.39. The van der Waals surface area contributed by atoms with Crippen LogP contribution in [0.2, 0.25) is 0 Å². The topological polar surface area (TPSA) is 12.4 Å². The first-order valence-electron chi connectivity index (χ1n) is 9.63. The first-order chi connectivity index (χ1) is 12.2. The Morgan fingerprint density at radius 3 is 2.60 bits per heavy atom. The smallest absolute Gasteiger partial charge is 0.0637 e. The van der Waals surface area contributed by atoms with Crippen LogP contribution in [0.3, 0.4) is 0 Å². The molecule has 128 valence electrons. The van der Waals surface area contributed by atoms with Crippen LogP contribution >= 0.6 is 0 Å². The quantitative estimate of drug-likeness (QED) is 0.605. The second-order valence-electron chi connectivity index (χ2n) is 7.64. The Balaban J connectivity index is 1.60. The van der Waals surface area contributed by atoms with E-state index in [-0.39, 0.29) is 0 Å². The number of allylic oxidation sites excluding steroid dienone is 6. The Morgan fingerprint density at radius 1 is 1.08 bits per heavy atom. The number of rotatable bonds is 3. The van der Waals surface area contributed by atoms with Gasteiger partial charge in [0.05, 0.1) is 5.70 Å². The van der Waals surface area contributed by atoms with Crippen LogP contribution < -0.4 is 0 Å². The third kappa shape index (κ3) is 3.33. The van der Waals surface area contributed by atoms with Gasteiger partial charge in [-0.25, -0.2) is 0 Å². The predicted octanol–water partition coefficient (Wildman–Crippen LogP) is 6.44. The largest absolute Gasteiger partial charge is 0.260 e. The summed E-state index contributed by atoms with van der Waals surface area (Å²) in [5.74, 6) is 0.976. The van der Waals surface area contributed by atoms with Crippen LogP contribution in [0.5, 0.6) is 0 Å². The zero-order chi connectivity index (χ0) is 17.2. The summed E-state index contributed by atoms with van der Waals surface area (Å²) in [4.78, 5) is 4.77. The van der Waals surface area contributed by atoms with Crippen molar-refractivity contribution in [2.45, 2.75) is 51.4 Å². The molecule has 1 aromatic carbocycles. The van der Waals surface area contributed by atoms with Gasteiger partial charge in [-0.1, -0.05) is 67.8 Å². The van der Waals surface area contributed by atoms with E-state index >= 15 is 0 Å². The van der Waals surface area contributed by atoms with Crippen molar-refractivity contribution >= 4 is 6.21 Å². The highest BCUT2D eigenvalue weighted by molar-refractivity contribution is 5.79. The monoisotopic (exact) mass is 329 g/mol. The Bertz CT molecular complexity index is 780. The molecule has 3 aliphatic rings. The summed E-state index contributed by atoms with van der Waals surface area (Å²) in [7, 11) is 0. The van der Waals surface area contributed by atoms with Gasteiger partial charge in [-0.3, -0.25) is 4.99 Å². The number of nitrogens with zero attached hydrogens (tertiary/aromatic N) is 1. The molecule has 0 N–H and O–H groups in total. The molecule has 0 amide bonds. The lowest BCUT2D eigenvalue weighted by Gasteiger charge is -2.24. The van der Waals surface area contributed by atoms with Gasteiger partial charge < -0.3 is 0 Å². The molecule has 0 radical (unpaired) electrons. The standard InChI is InChI=1S/C24H27N/c1-17-11-13-20(14-12-17)23-16-25-24-15-21(9-6-10-22(23)24)18(2)19-7-4-3-5-8-19/h6,9,11-16,19,23H,2-5,7-8,10H2,1H3. The Labute approximate surface area is 151 Å². The molecule has 0 aromatic heterocycles. The van der Waals surface area contributed by atoms with Gasteiger partial charge in [0, 0.05) is 12.1 Å². The Morgan fingerprint density at radius 2 is 1.84 bits per heavy atom. The van der Waals surface area contributed by atoms with Crippen molar-refractivity contribution in [1.82, 2.24) is 0 Å². The van der Waals surface area contributed by atoms with Crippen LogP contribution in [0.1, 0.15) is 55.6 Å². The van der Waals surface area contributed by atoms with Crippen LogP contribution in [0.4, 0.5) is 0 Å². The molecule has 1 aliphatic heterocycles. The molecule has 1 nitrogen and oxygen atoms in total. The van der Waals surface area contributed by atoms with Crippen molar-refractivity contribution in [2.24, 2.45) is 10.9 Å². The van der Waals surface area contributed by atoms with E-state index in [1.807, 2.05) is 0 Å². The fourth-order valence-corrected chi connectivity index (χ4v) is 4.30. The third-order valence-corrected chi connectivity index (χ3v) is 5.90. The van der Waals surface area contributed by atoms with Gasteiger partial charge in [0.1, 0.15) is 0 Å². The van der Waals surface area contributed by atoms with Crippen LogP contribution in [0.15, 0.2) is 76.5 Å². The van der Waals surface area contributed by atoms with E-state index in [0.717, 1.165) is 12.1 Å². The van der Waals surface area contributed by atoms with Gasteiger partial charge in [0.15, 0.2) is 0 Å². The zero-order valence-corrected chi connectivity index (χ0v) is 15.2. The molecule has 2 aliphatic carbocycles. The summed E-state index contributed by atoms with van der Waals surface area (Å²) in [5, 5.41) is 0. The summed E-state index contributed by atoms with van der Waals surface area (Å²) >= 11 is 0. The second-order valence-corrected chi connectivity index (χ2v) is 7.64. The van der Waals surface area contributed by atoms with Crippen molar-refractivity contribution in [2.75, 3.05) is 0 Å². The number of benzene rings is 1. The van der Waals surface area contributed by atoms with Crippen molar-refractivity contribution in [3.05, 3.63) is 82.6 Å². The zero-order valence-electron chi connectivity index (χ0n) is 15.2. The van der Waals surface area contributed by atoms with E-state index < -0.39 is 0 Å². The molecule has 25 heavy (non-hydrogen) atoms. The van der Waals surface area contributed by atoms with E-state index in [1.165, 1.54) is 60.0 Å². The van der Waals surface area contributed by atoms with Gasteiger partial charge in [0.2, 0.25) is 0 Å². The summed E-state index contributed by atoms with van der Waals surface area (Å²) in [6, 6.07) is 8.87. The number of aryl methyl sites for hydroxylation is 1. The van der Waals surface area contributed by atoms with E-state index in [0.29, 0.717) is 11.8 Å². The van der Waals surface area contributed by atoms with Crippen molar-refractivity contribution in [3.8, 4) is 0 Å². The molecule has 1 atom stereocenters. The minimum atomic E-state index is 0.318. The van der Waals surface area contributed by atoms with Crippen LogP contribution in [0.25, 0.3) is 0 Å². The molecule has 1 fully saturated rings. The molecule has 0 saturated heterocycles. The normalized spacial score (nSPS) is 23.4. The molecule has 0 bridgehead atoms. The van der Waals surface area contributed by atoms with Gasteiger partial charge >= 0.3 is 0 Å². The fraction of sp³-hybridized carbons (Fsp3) is 0.375. The summed E-state index contributed by atoms with van der Waals surface area (Å²) in [6.07, 6.45) is 16.6. The lowest BCUT2D eigenvalue weighted by molar-refractivity contribution is 0.407. The van der Waals surface area contributed by atoms with Gasteiger partial charge in [-0.2, -0.15) is 0 Å². The SMILES string of the molecule is C=C(C1=CC2=C(CC=C1)C(c1ccc(C)cc1)C=N2)C1CCCCC1. The molecule has 0 spiro atoms. The first-order valence-corrected chi connectivity index (χ1v) is 9.63. The molecule has 1 unspecified atom stereocenters. The number of hydrogen-bond donors (Lipinski definition) is 0. The van der Waals surface area contributed by atoms with E-state index in [9.17, 15) is 0 Å². The maximum atomic E-state index is 4.77. The highest BCUT2D eigenvalue weighted by Gasteiger charge is 2.25. The van der Waals surface area contributed by atoms with Gasteiger partial charge in [-0.05, 0) is 60.5 Å². The lowest BCUT2D eigenvalue weighted by atomic mass is 9.81. The van der Waals surface area contributed by atoms with Crippen molar-refractivity contribution in [1.29, 1.82) is 0 Å². The summed E-state index contributed by atoms with van der Waals surface area (Å²) in [6.45, 7) is 6.59. The Hall–Kier alpha value is -2.15. The molecular weight excluding hydrogens is 302 g/mol. The first kappa shape index (κ1) is 16.3. The van der Waals surface area contributed by atoms with E-state index in [4.69, 9.17) is 4.99 Å². The van der Waals surface area contributed by atoms with Gasteiger partial charge in [-0.15, -0.1) is 0 Å². The minimum Gasteiger partial charge on any atom is -0.260 e. The fourth-order valence-electron chi connectivity index (χ4n) is 4.30. The predicted molar refractivity (Wildman–Crippen MR) is 107 cm³/mol. The van der Waals surface area contributed by atoms with E-state index in [2.05, 4.69) is 62.2 Å². The maximum absolute atomic E-state index is 4.77. The lowest BCUT2D eigenvalue weighted by Crippen LogP contribution is -2.09. The highest BCUT2D eigenvalue weighted by atomic mass is 14.8. The number of aliphatic imine (C=N–C) groups is 1. The second kappa shape index (κ2) is 7.00. The summed E-state index contributed by atoms with van der Waals surface area (Å²) in [5.41, 5.74) is 7.83. The van der Waals surface area contributed by atoms with Crippen molar-refractivity contribution in [3.63, 3.8) is 0 Å². The average molecular weight is 329 g/mol. The molecule has 1 saturated carbocycles. The van der Waals surface area contributed by atoms with Crippen LogP contribution in [-0.4, -0.2) is 6.21 Å².